The molecule has 3 rings (SSSR count). The van der Waals surface area contributed by atoms with E-state index in [1.54, 1.807) is 6.92 Å². The van der Waals surface area contributed by atoms with Gasteiger partial charge in [-0.05, 0) is 42.8 Å². The van der Waals surface area contributed by atoms with Crippen molar-refractivity contribution in [2.45, 2.75) is 25.2 Å². The molecule has 1 heterocycles. The van der Waals surface area contributed by atoms with Crippen molar-refractivity contribution in [1.29, 1.82) is 0 Å². The lowest BCUT2D eigenvalue weighted by Gasteiger charge is -2.11. The maximum Gasteiger partial charge on any atom is 0.140 e. The average molecular weight is 199 g/mol. The van der Waals surface area contributed by atoms with E-state index in [1.807, 2.05) is 12.3 Å². The summed E-state index contributed by atoms with van der Waals surface area (Å²) < 4.78 is 0. The van der Waals surface area contributed by atoms with Crippen molar-refractivity contribution in [3.05, 3.63) is 36.0 Å². The molecule has 2 nitrogen and oxygen atoms in total. The molecule has 0 bridgehead atoms. The largest absolute Gasteiger partial charge is 0.361 e. The Kier molecular flexibility index (Phi) is 1.58. The molecule has 1 aliphatic carbocycles. The van der Waals surface area contributed by atoms with E-state index < -0.39 is 0 Å². The quantitative estimate of drug-likeness (QED) is 0.792. The summed E-state index contributed by atoms with van der Waals surface area (Å²) in [6.07, 6.45) is 3.95. The molecule has 1 fully saturated rings. The Morgan fingerprint density at radius 1 is 1.33 bits per heavy atom. The fourth-order valence-electron chi connectivity index (χ4n) is 2.31. The molecule has 0 aliphatic heterocycles. The fourth-order valence-corrected chi connectivity index (χ4v) is 2.31. The van der Waals surface area contributed by atoms with E-state index in [-0.39, 0.29) is 5.41 Å². The van der Waals surface area contributed by atoms with Crippen LogP contribution in [0.1, 0.15) is 25.3 Å². The number of benzene rings is 1. The Morgan fingerprint density at radius 2 is 2.13 bits per heavy atom. The van der Waals surface area contributed by atoms with Crippen molar-refractivity contribution in [2.75, 3.05) is 0 Å². The van der Waals surface area contributed by atoms with Crippen LogP contribution in [0.4, 0.5) is 0 Å². The average Bonchev–Trinajstić information content (AvgIpc) is 2.91. The standard InChI is InChI=1S/C13H13NO/c1-9(15)13(5-6-13)11-3-2-10-4-7-14-12(10)8-11/h2-4,7-8,14H,5-6H2,1H3. The van der Waals surface area contributed by atoms with E-state index in [1.165, 1.54) is 10.9 Å². The van der Waals surface area contributed by atoms with Gasteiger partial charge in [0, 0.05) is 11.7 Å². The highest BCUT2D eigenvalue weighted by molar-refractivity contribution is 5.92. The number of nitrogens with one attached hydrogen (secondary N) is 1. The number of rotatable bonds is 2. The molecule has 15 heavy (non-hydrogen) atoms. The molecule has 0 unspecified atom stereocenters. The van der Waals surface area contributed by atoms with Crippen LogP contribution in [0.3, 0.4) is 0 Å². The minimum Gasteiger partial charge on any atom is -0.361 e. The smallest absolute Gasteiger partial charge is 0.140 e. The SMILES string of the molecule is CC(=O)C1(c2ccc3cc[nH]c3c2)CC1. The Hall–Kier alpha value is -1.57. The first-order valence-electron chi connectivity index (χ1n) is 5.31. The van der Waals surface area contributed by atoms with Crippen LogP contribution in [0, 0.1) is 0 Å². The topological polar surface area (TPSA) is 32.9 Å². The molecule has 1 aromatic carbocycles. The van der Waals surface area contributed by atoms with Crippen molar-refractivity contribution < 1.29 is 4.79 Å². The van der Waals surface area contributed by atoms with Gasteiger partial charge in [-0.1, -0.05) is 12.1 Å². The lowest BCUT2D eigenvalue weighted by atomic mass is 9.91. The van der Waals surface area contributed by atoms with E-state index in [9.17, 15) is 4.79 Å². The second kappa shape index (κ2) is 2.72. The van der Waals surface area contributed by atoms with E-state index in [0.717, 1.165) is 18.4 Å². The minimum absolute atomic E-state index is 0.153. The maximum atomic E-state index is 11.6. The van der Waals surface area contributed by atoms with Gasteiger partial charge in [-0.15, -0.1) is 0 Å². The van der Waals surface area contributed by atoms with Crippen LogP contribution in [0.25, 0.3) is 10.9 Å². The van der Waals surface area contributed by atoms with Gasteiger partial charge in [-0.3, -0.25) is 4.79 Å². The van der Waals surface area contributed by atoms with Crippen LogP contribution in [0.2, 0.25) is 0 Å². The summed E-state index contributed by atoms with van der Waals surface area (Å²) in [6, 6.07) is 8.34. The lowest BCUT2D eigenvalue weighted by molar-refractivity contribution is -0.119. The second-order valence-electron chi connectivity index (χ2n) is 4.42. The van der Waals surface area contributed by atoms with Gasteiger partial charge in [0.05, 0.1) is 5.41 Å². The van der Waals surface area contributed by atoms with Crippen LogP contribution < -0.4 is 0 Å². The molecule has 1 N–H and O–H groups in total. The van der Waals surface area contributed by atoms with Gasteiger partial charge in [0.1, 0.15) is 5.78 Å². The number of H-pyrrole nitrogens is 1. The van der Waals surface area contributed by atoms with E-state index >= 15 is 0 Å². The monoisotopic (exact) mass is 199 g/mol. The van der Waals surface area contributed by atoms with Crippen molar-refractivity contribution in [3.8, 4) is 0 Å². The van der Waals surface area contributed by atoms with Gasteiger partial charge in [0.2, 0.25) is 0 Å². The lowest BCUT2D eigenvalue weighted by Crippen LogP contribution is -2.16. The fraction of sp³-hybridized carbons (Fsp3) is 0.308. The molecule has 76 valence electrons. The predicted molar refractivity (Wildman–Crippen MR) is 59.9 cm³/mol. The molecule has 1 saturated carbocycles. The third-order valence-corrected chi connectivity index (χ3v) is 3.53. The Morgan fingerprint density at radius 3 is 2.80 bits per heavy atom. The number of Topliss-reactive ketones (excluding diaryl/α,β-unsaturated/α-hetero) is 1. The number of fused-ring (bicyclic) bond motifs is 1. The summed E-state index contributed by atoms with van der Waals surface area (Å²) in [5.74, 6) is 0.299. The van der Waals surface area contributed by atoms with Crippen LogP contribution >= 0.6 is 0 Å². The highest BCUT2D eigenvalue weighted by atomic mass is 16.1. The highest BCUT2D eigenvalue weighted by Crippen LogP contribution is 2.49. The zero-order chi connectivity index (χ0) is 10.5. The van der Waals surface area contributed by atoms with E-state index in [4.69, 9.17) is 0 Å². The summed E-state index contributed by atoms with van der Waals surface area (Å²) in [6.45, 7) is 1.70. The summed E-state index contributed by atoms with van der Waals surface area (Å²) in [4.78, 5) is 14.8. The van der Waals surface area contributed by atoms with Crippen molar-refractivity contribution in [1.82, 2.24) is 4.98 Å². The summed E-state index contributed by atoms with van der Waals surface area (Å²) in [5, 5.41) is 1.21. The molecule has 0 saturated heterocycles. The van der Waals surface area contributed by atoms with Crippen LogP contribution in [0.15, 0.2) is 30.5 Å². The third kappa shape index (κ3) is 1.14. The first kappa shape index (κ1) is 8.72. The predicted octanol–water partition coefficient (Wildman–Crippen LogP) is 2.79. The molecule has 0 spiro atoms. The van der Waals surface area contributed by atoms with Gasteiger partial charge >= 0.3 is 0 Å². The molecule has 1 aliphatic rings. The van der Waals surface area contributed by atoms with E-state index in [2.05, 4.69) is 23.2 Å². The molecule has 0 amide bonds. The van der Waals surface area contributed by atoms with Gasteiger partial charge in [0.25, 0.3) is 0 Å². The maximum absolute atomic E-state index is 11.6. The van der Waals surface area contributed by atoms with Crippen LogP contribution in [-0.2, 0) is 10.2 Å². The number of carbonyl (C=O) groups is 1. The normalized spacial score (nSPS) is 17.9. The summed E-state index contributed by atoms with van der Waals surface area (Å²) in [5.41, 5.74) is 2.14. The highest BCUT2D eigenvalue weighted by Gasteiger charge is 2.48. The van der Waals surface area contributed by atoms with Crippen molar-refractivity contribution in [2.24, 2.45) is 0 Å². The summed E-state index contributed by atoms with van der Waals surface area (Å²) in [7, 11) is 0. The van der Waals surface area contributed by atoms with Gasteiger partial charge in [-0.2, -0.15) is 0 Å². The zero-order valence-corrected chi connectivity index (χ0v) is 8.71. The van der Waals surface area contributed by atoms with E-state index in [0.29, 0.717) is 5.78 Å². The van der Waals surface area contributed by atoms with Gasteiger partial charge in [-0.25, -0.2) is 0 Å². The molecule has 0 atom stereocenters. The number of hydrogen-bond donors (Lipinski definition) is 1. The first-order valence-corrected chi connectivity index (χ1v) is 5.31. The Balaban J connectivity index is 2.15. The molecule has 1 aromatic heterocycles. The zero-order valence-electron chi connectivity index (χ0n) is 8.71. The van der Waals surface area contributed by atoms with Crippen LogP contribution in [0.5, 0.6) is 0 Å². The first-order chi connectivity index (χ1) is 7.22. The third-order valence-electron chi connectivity index (χ3n) is 3.53. The summed E-state index contributed by atoms with van der Waals surface area (Å²) >= 11 is 0. The molecule has 2 heteroatoms. The van der Waals surface area contributed by atoms with Gasteiger partial charge in [0.15, 0.2) is 0 Å². The van der Waals surface area contributed by atoms with Crippen molar-refractivity contribution >= 4 is 16.7 Å². The second-order valence-corrected chi connectivity index (χ2v) is 4.42. The van der Waals surface area contributed by atoms with Gasteiger partial charge < -0.3 is 4.98 Å². The number of ketones is 1. The molecular weight excluding hydrogens is 186 g/mol. The number of aromatic nitrogens is 1. The number of hydrogen-bond acceptors (Lipinski definition) is 1. The Bertz CT molecular complexity index is 534. The van der Waals surface area contributed by atoms with Crippen molar-refractivity contribution in [3.63, 3.8) is 0 Å². The molecule has 0 radical (unpaired) electrons. The number of aromatic amines is 1. The minimum atomic E-state index is -0.153. The number of carbonyl (C=O) groups excluding carboxylic acids is 1. The molecular formula is C13H13NO. The molecule has 2 aromatic rings. The van der Waals surface area contributed by atoms with Crippen LogP contribution in [-0.4, -0.2) is 10.8 Å². The Labute approximate surface area is 88.3 Å².